The van der Waals surface area contributed by atoms with Crippen molar-refractivity contribution in [2.45, 2.75) is 0 Å². The molecule has 6 aromatic carbocycles. The quantitative estimate of drug-likeness (QED) is 0.218. The van der Waals surface area contributed by atoms with Gasteiger partial charge in [-0.1, -0.05) is 103 Å². The van der Waals surface area contributed by atoms with Crippen LogP contribution in [-0.4, -0.2) is 4.98 Å². The average Bonchev–Trinajstić information content (AvgIpc) is 3.43. The fourth-order valence-electron chi connectivity index (χ4n) is 5.94. The molecule has 0 bridgehead atoms. The molecule has 8 rings (SSSR count). The van der Waals surface area contributed by atoms with Crippen LogP contribution in [0.25, 0.3) is 55.1 Å². The Labute approximate surface area is 243 Å². The zero-order chi connectivity index (χ0) is 27.9. The summed E-state index contributed by atoms with van der Waals surface area (Å²) in [5, 5.41) is 3.27. The van der Waals surface area contributed by atoms with E-state index in [1.807, 2.05) is 18.3 Å². The molecule has 0 radical (unpaired) electrons. The standard InChI is InChI=1S/C39H26N2O/c1-3-12-27(13-4-1)29-16-9-18-31(24-29)41(35-20-8-7-19-32(35)28-14-5-2-6-15-28)36-21-10-17-30-25-34-38(26-33(30)36)42-37-22-11-23-40-39(34)37/h1-26H. The van der Waals surface area contributed by atoms with E-state index in [0.717, 1.165) is 55.5 Å². The minimum atomic E-state index is 0.797. The van der Waals surface area contributed by atoms with Gasteiger partial charge in [0.2, 0.25) is 0 Å². The van der Waals surface area contributed by atoms with Crippen LogP contribution in [0.5, 0.6) is 0 Å². The molecule has 0 saturated heterocycles. The molecule has 0 aliphatic heterocycles. The van der Waals surface area contributed by atoms with Crippen molar-refractivity contribution >= 4 is 49.9 Å². The van der Waals surface area contributed by atoms with Gasteiger partial charge < -0.3 is 9.32 Å². The molecular formula is C39H26N2O. The van der Waals surface area contributed by atoms with Gasteiger partial charge in [-0.05, 0) is 70.6 Å². The first-order chi connectivity index (χ1) is 20.8. The van der Waals surface area contributed by atoms with Crippen LogP contribution < -0.4 is 4.90 Å². The van der Waals surface area contributed by atoms with Crippen molar-refractivity contribution in [3.63, 3.8) is 0 Å². The number of nitrogens with zero attached hydrogens (tertiary/aromatic N) is 2. The molecule has 0 atom stereocenters. The molecule has 3 heteroatoms. The predicted octanol–water partition coefficient (Wildman–Crippen LogP) is 10.9. The minimum absolute atomic E-state index is 0.797. The second-order valence-electron chi connectivity index (χ2n) is 10.4. The first-order valence-corrected chi connectivity index (χ1v) is 14.1. The third-order valence-electron chi connectivity index (χ3n) is 7.89. The normalized spacial score (nSPS) is 11.3. The van der Waals surface area contributed by atoms with Crippen molar-refractivity contribution in [2.24, 2.45) is 0 Å². The molecule has 198 valence electrons. The van der Waals surface area contributed by atoms with E-state index in [-0.39, 0.29) is 0 Å². The van der Waals surface area contributed by atoms with Crippen molar-refractivity contribution in [3.05, 3.63) is 158 Å². The summed E-state index contributed by atoms with van der Waals surface area (Å²) in [6, 6.07) is 53.3. The van der Waals surface area contributed by atoms with Gasteiger partial charge in [0.25, 0.3) is 0 Å². The van der Waals surface area contributed by atoms with Crippen LogP contribution in [0.4, 0.5) is 17.1 Å². The molecule has 2 heterocycles. The lowest BCUT2D eigenvalue weighted by Gasteiger charge is -2.29. The van der Waals surface area contributed by atoms with Crippen LogP contribution in [-0.2, 0) is 0 Å². The van der Waals surface area contributed by atoms with Crippen LogP contribution in [0, 0.1) is 0 Å². The Morgan fingerprint density at radius 2 is 1.19 bits per heavy atom. The molecule has 42 heavy (non-hydrogen) atoms. The van der Waals surface area contributed by atoms with Crippen molar-refractivity contribution in [3.8, 4) is 22.3 Å². The van der Waals surface area contributed by atoms with Gasteiger partial charge in [0.1, 0.15) is 11.1 Å². The van der Waals surface area contributed by atoms with E-state index < -0.39 is 0 Å². The van der Waals surface area contributed by atoms with Gasteiger partial charge in [-0.15, -0.1) is 0 Å². The molecule has 2 aromatic heterocycles. The number of benzene rings is 6. The third-order valence-corrected chi connectivity index (χ3v) is 7.89. The van der Waals surface area contributed by atoms with Crippen LogP contribution in [0.3, 0.4) is 0 Å². The highest BCUT2D eigenvalue weighted by atomic mass is 16.3. The van der Waals surface area contributed by atoms with E-state index >= 15 is 0 Å². The van der Waals surface area contributed by atoms with E-state index in [0.29, 0.717) is 0 Å². The Kier molecular flexibility index (Phi) is 5.79. The largest absolute Gasteiger partial charge is 0.454 e. The van der Waals surface area contributed by atoms with Crippen molar-refractivity contribution in [1.29, 1.82) is 0 Å². The van der Waals surface area contributed by atoms with Crippen LogP contribution in [0.1, 0.15) is 0 Å². The fourth-order valence-corrected chi connectivity index (χ4v) is 5.94. The zero-order valence-electron chi connectivity index (χ0n) is 22.8. The summed E-state index contributed by atoms with van der Waals surface area (Å²) in [4.78, 5) is 6.99. The van der Waals surface area contributed by atoms with Crippen molar-refractivity contribution in [1.82, 2.24) is 4.98 Å². The predicted molar refractivity (Wildman–Crippen MR) is 175 cm³/mol. The van der Waals surface area contributed by atoms with E-state index in [4.69, 9.17) is 4.42 Å². The first-order valence-electron chi connectivity index (χ1n) is 14.1. The summed E-state index contributed by atoms with van der Waals surface area (Å²) < 4.78 is 6.30. The van der Waals surface area contributed by atoms with Gasteiger partial charge in [0.05, 0.1) is 11.4 Å². The maximum absolute atomic E-state index is 6.30. The van der Waals surface area contributed by atoms with Gasteiger partial charge in [-0.2, -0.15) is 0 Å². The van der Waals surface area contributed by atoms with E-state index in [1.54, 1.807) is 0 Å². The van der Waals surface area contributed by atoms with Crippen LogP contribution >= 0.6 is 0 Å². The Morgan fingerprint density at radius 3 is 2.05 bits per heavy atom. The highest BCUT2D eigenvalue weighted by molar-refractivity contribution is 6.12. The summed E-state index contributed by atoms with van der Waals surface area (Å²) in [6.45, 7) is 0. The van der Waals surface area contributed by atoms with Gasteiger partial charge >= 0.3 is 0 Å². The van der Waals surface area contributed by atoms with E-state index in [9.17, 15) is 0 Å². The number of hydrogen-bond donors (Lipinski definition) is 0. The maximum Gasteiger partial charge on any atom is 0.153 e. The zero-order valence-corrected chi connectivity index (χ0v) is 22.8. The maximum atomic E-state index is 6.30. The summed E-state index contributed by atoms with van der Waals surface area (Å²) >= 11 is 0. The Morgan fingerprint density at radius 1 is 0.476 bits per heavy atom. The van der Waals surface area contributed by atoms with Gasteiger partial charge in [0.15, 0.2) is 5.58 Å². The molecule has 0 amide bonds. The summed E-state index contributed by atoms with van der Waals surface area (Å²) in [6.07, 6.45) is 1.82. The SMILES string of the molecule is c1ccc(-c2cccc(N(c3ccccc3-c3ccccc3)c3cccc4cc5c(cc34)oc3cccnc35)c2)cc1. The van der Waals surface area contributed by atoms with E-state index in [1.165, 1.54) is 16.7 Å². The van der Waals surface area contributed by atoms with Crippen LogP contribution in [0.15, 0.2) is 162 Å². The molecule has 0 aliphatic carbocycles. The monoisotopic (exact) mass is 538 g/mol. The fraction of sp³-hybridized carbons (Fsp3) is 0. The summed E-state index contributed by atoms with van der Waals surface area (Å²) in [7, 11) is 0. The molecule has 0 aliphatic rings. The number of rotatable bonds is 5. The van der Waals surface area contributed by atoms with E-state index in [2.05, 4.69) is 149 Å². The van der Waals surface area contributed by atoms with Gasteiger partial charge in [0, 0.05) is 28.2 Å². The second kappa shape index (κ2) is 10.1. The first kappa shape index (κ1) is 24.2. The second-order valence-corrected chi connectivity index (χ2v) is 10.4. The van der Waals surface area contributed by atoms with Gasteiger partial charge in [-0.25, -0.2) is 0 Å². The molecule has 0 spiro atoms. The third kappa shape index (κ3) is 4.11. The highest BCUT2D eigenvalue weighted by Crippen LogP contribution is 2.45. The number of para-hydroxylation sites is 1. The Balaban J connectivity index is 1.41. The molecule has 0 fully saturated rings. The Bertz CT molecular complexity index is 2200. The van der Waals surface area contributed by atoms with Crippen LogP contribution in [0.2, 0.25) is 0 Å². The molecule has 0 N–H and O–H groups in total. The number of hydrogen-bond acceptors (Lipinski definition) is 3. The summed E-state index contributed by atoms with van der Waals surface area (Å²) in [5.74, 6) is 0. The molecule has 8 aromatic rings. The molecule has 0 unspecified atom stereocenters. The number of fused-ring (bicyclic) bond motifs is 4. The Hall–Kier alpha value is -5.67. The van der Waals surface area contributed by atoms with Crippen molar-refractivity contribution in [2.75, 3.05) is 4.90 Å². The molecular weight excluding hydrogens is 512 g/mol. The lowest BCUT2D eigenvalue weighted by Crippen LogP contribution is -2.12. The van der Waals surface area contributed by atoms with Gasteiger partial charge in [-0.3, -0.25) is 4.98 Å². The smallest absolute Gasteiger partial charge is 0.153 e. The number of furan rings is 1. The highest BCUT2D eigenvalue weighted by Gasteiger charge is 2.20. The molecule has 0 saturated carbocycles. The minimum Gasteiger partial charge on any atom is -0.454 e. The topological polar surface area (TPSA) is 29.3 Å². The lowest BCUT2D eigenvalue weighted by atomic mass is 9.99. The average molecular weight is 539 g/mol. The number of aromatic nitrogens is 1. The lowest BCUT2D eigenvalue weighted by molar-refractivity contribution is 0.668. The van der Waals surface area contributed by atoms with Crippen molar-refractivity contribution < 1.29 is 4.42 Å². The number of anilines is 3. The summed E-state index contributed by atoms with van der Waals surface area (Å²) in [5.41, 5.74) is 10.5. The molecule has 3 nitrogen and oxygen atoms in total. The number of pyridine rings is 1.